The molecule has 0 spiro atoms. The molecule has 0 saturated carbocycles. The molecular formula is C17H23N. The molecule has 1 heteroatoms. The van der Waals surface area contributed by atoms with E-state index in [0.29, 0.717) is 0 Å². The van der Waals surface area contributed by atoms with Crippen LogP contribution in [0, 0.1) is 0 Å². The van der Waals surface area contributed by atoms with Crippen LogP contribution < -0.4 is 4.90 Å². The van der Waals surface area contributed by atoms with E-state index in [2.05, 4.69) is 62.1 Å². The molecule has 0 radical (unpaired) electrons. The molecule has 96 valence electrons. The maximum Gasteiger partial charge on any atom is 0.0366 e. The molecule has 0 aromatic heterocycles. The van der Waals surface area contributed by atoms with E-state index in [1.54, 1.807) is 0 Å². The van der Waals surface area contributed by atoms with Gasteiger partial charge in [0.1, 0.15) is 0 Å². The summed E-state index contributed by atoms with van der Waals surface area (Å²) in [6, 6.07) is 9.02. The van der Waals surface area contributed by atoms with Gasteiger partial charge < -0.3 is 4.90 Å². The van der Waals surface area contributed by atoms with Crippen molar-refractivity contribution in [2.75, 3.05) is 18.0 Å². The average Bonchev–Trinajstić information content (AvgIpc) is 2.41. The Balaban J connectivity index is 2.20. The van der Waals surface area contributed by atoms with E-state index in [4.69, 9.17) is 0 Å². The Kier molecular flexibility index (Phi) is 4.24. The Hall–Kier alpha value is -1.50. The molecule has 0 bridgehead atoms. The zero-order valence-corrected chi connectivity index (χ0v) is 11.7. The lowest BCUT2D eigenvalue weighted by Gasteiger charge is -2.21. The van der Waals surface area contributed by atoms with Gasteiger partial charge in [0, 0.05) is 18.8 Å². The monoisotopic (exact) mass is 241 g/mol. The second-order valence-corrected chi connectivity index (χ2v) is 4.88. The molecule has 1 aromatic carbocycles. The van der Waals surface area contributed by atoms with E-state index < -0.39 is 0 Å². The van der Waals surface area contributed by atoms with Crippen LogP contribution in [-0.4, -0.2) is 13.1 Å². The molecule has 0 heterocycles. The van der Waals surface area contributed by atoms with Crippen LogP contribution in [0.1, 0.15) is 39.2 Å². The first-order chi connectivity index (χ1) is 8.74. The van der Waals surface area contributed by atoms with Crippen LogP contribution in [0.25, 0.3) is 5.57 Å². The Morgan fingerprint density at radius 3 is 2.28 bits per heavy atom. The standard InChI is InChI=1S/C17H23N/c1-4-18(5-2)17-11-9-15(10-12-17)16-8-6-7-14(3)13-16/h7,9-13H,4-6,8H2,1-3H3. The molecule has 0 aliphatic heterocycles. The largest absolute Gasteiger partial charge is 0.372 e. The van der Waals surface area contributed by atoms with Crippen LogP contribution in [0.5, 0.6) is 0 Å². The predicted molar refractivity (Wildman–Crippen MR) is 81.0 cm³/mol. The zero-order chi connectivity index (χ0) is 13.0. The van der Waals surface area contributed by atoms with Crippen LogP contribution in [-0.2, 0) is 0 Å². The molecule has 2 rings (SSSR count). The van der Waals surface area contributed by atoms with Gasteiger partial charge in [-0.3, -0.25) is 0 Å². The van der Waals surface area contributed by atoms with E-state index in [9.17, 15) is 0 Å². The van der Waals surface area contributed by atoms with E-state index in [0.717, 1.165) is 13.1 Å². The number of rotatable bonds is 4. The second-order valence-electron chi connectivity index (χ2n) is 4.88. The summed E-state index contributed by atoms with van der Waals surface area (Å²) in [5.74, 6) is 0. The van der Waals surface area contributed by atoms with Gasteiger partial charge in [0.2, 0.25) is 0 Å². The van der Waals surface area contributed by atoms with Crippen LogP contribution in [0.4, 0.5) is 5.69 Å². The molecule has 0 fully saturated rings. The minimum atomic E-state index is 1.07. The van der Waals surface area contributed by atoms with Gasteiger partial charge in [0.25, 0.3) is 0 Å². The third kappa shape index (κ3) is 2.84. The molecule has 1 aromatic rings. The number of hydrogen-bond acceptors (Lipinski definition) is 1. The Labute approximate surface area is 111 Å². The summed E-state index contributed by atoms with van der Waals surface area (Å²) in [7, 11) is 0. The van der Waals surface area contributed by atoms with Gasteiger partial charge in [0.05, 0.1) is 0 Å². The first-order valence-electron chi connectivity index (χ1n) is 6.97. The highest BCUT2D eigenvalue weighted by atomic mass is 15.1. The predicted octanol–water partition coefficient (Wildman–Crippen LogP) is 4.66. The van der Waals surface area contributed by atoms with Gasteiger partial charge in [-0.15, -0.1) is 0 Å². The van der Waals surface area contributed by atoms with Crippen molar-refractivity contribution in [3.63, 3.8) is 0 Å². The van der Waals surface area contributed by atoms with Gasteiger partial charge in [0.15, 0.2) is 0 Å². The Bertz CT molecular complexity index is 447. The minimum Gasteiger partial charge on any atom is -0.372 e. The number of allylic oxidation sites excluding steroid dienone is 4. The van der Waals surface area contributed by atoms with Gasteiger partial charge >= 0.3 is 0 Å². The van der Waals surface area contributed by atoms with Crippen molar-refractivity contribution in [3.8, 4) is 0 Å². The smallest absolute Gasteiger partial charge is 0.0366 e. The summed E-state index contributed by atoms with van der Waals surface area (Å²) >= 11 is 0. The fraction of sp³-hybridized carbons (Fsp3) is 0.412. The first-order valence-corrected chi connectivity index (χ1v) is 6.97. The van der Waals surface area contributed by atoms with Gasteiger partial charge in [-0.1, -0.05) is 29.9 Å². The summed E-state index contributed by atoms with van der Waals surface area (Å²) in [6.45, 7) is 8.73. The highest BCUT2D eigenvalue weighted by Crippen LogP contribution is 2.27. The molecule has 0 atom stereocenters. The van der Waals surface area contributed by atoms with Gasteiger partial charge in [-0.2, -0.15) is 0 Å². The van der Waals surface area contributed by atoms with Crippen LogP contribution >= 0.6 is 0 Å². The number of benzene rings is 1. The number of hydrogen-bond donors (Lipinski definition) is 0. The topological polar surface area (TPSA) is 3.24 Å². The van der Waals surface area contributed by atoms with Crippen molar-refractivity contribution in [1.29, 1.82) is 0 Å². The molecular weight excluding hydrogens is 218 g/mol. The molecule has 0 saturated heterocycles. The molecule has 1 aliphatic rings. The van der Waals surface area contributed by atoms with Crippen molar-refractivity contribution in [2.24, 2.45) is 0 Å². The van der Waals surface area contributed by atoms with Crippen molar-refractivity contribution in [3.05, 3.63) is 47.6 Å². The van der Waals surface area contributed by atoms with E-state index in [1.165, 1.54) is 35.2 Å². The molecule has 1 aliphatic carbocycles. The minimum absolute atomic E-state index is 1.07. The van der Waals surface area contributed by atoms with Crippen molar-refractivity contribution < 1.29 is 0 Å². The zero-order valence-electron chi connectivity index (χ0n) is 11.7. The SMILES string of the molecule is CCN(CC)c1ccc(C2=CC(C)=CCC2)cc1. The highest BCUT2D eigenvalue weighted by Gasteiger charge is 2.07. The number of anilines is 1. The second kappa shape index (κ2) is 5.90. The normalized spacial score (nSPS) is 15.1. The summed E-state index contributed by atoms with van der Waals surface area (Å²) < 4.78 is 0. The van der Waals surface area contributed by atoms with Crippen LogP contribution in [0.15, 0.2) is 42.0 Å². The molecule has 0 unspecified atom stereocenters. The summed E-state index contributed by atoms with van der Waals surface area (Å²) in [4.78, 5) is 2.38. The van der Waals surface area contributed by atoms with Crippen molar-refractivity contribution in [1.82, 2.24) is 0 Å². The molecule has 0 N–H and O–H groups in total. The fourth-order valence-corrected chi connectivity index (χ4v) is 2.56. The number of nitrogens with zero attached hydrogens (tertiary/aromatic N) is 1. The summed E-state index contributed by atoms with van der Waals surface area (Å²) in [6.07, 6.45) is 6.97. The van der Waals surface area contributed by atoms with Crippen molar-refractivity contribution >= 4 is 11.3 Å². The lowest BCUT2D eigenvalue weighted by Crippen LogP contribution is -2.21. The summed E-state index contributed by atoms with van der Waals surface area (Å²) in [5.41, 5.74) is 5.57. The van der Waals surface area contributed by atoms with Crippen LogP contribution in [0.3, 0.4) is 0 Å². The first kappa shape index (κ1) is 12.9. The average molecular weight is 241 g/mol. The Morgan fingerprint density at radius 2 is 1.72 bits per heavy atom. The third-order valence-corrected chi connectivity index (χ3v) is 3.65. The third-order valence-electron chi connectivity index (χ3n) is 3.65. The maximum atomic E-state index is 2.38. The Morgan fingerprint density at radius 1 is 1.06 bits per heavy atom. The van der Waals surface area contributed by atoms with Gasteiger partial charge in [-0.25, -0.2) is 0 Å². The summed E-state index contributed by atoms with van der Waals surface area (Å²) in [5, 5.41) is 0. The molecule has 1 nitrogen and oxygen atoms in total. The molecule has 18 heavy (non-hydrogen) atoms. The lowest BCUT2D eigenvalue weighted by atomic mass is 9.94. The van der Waals surface area contributed by atoms with E-state index in [1.807, 2.05) is 0 Å². The maximum absolute atomic E-state index is 2.38. The highest BCUT2D eigenvalue weighted by molar-refractivity contribution is 5.70. The van der Waals surface area contributed by atoms with Crippen LogP contribution in [0.2, 0.25) is 0 Å². The van der Waals surface area contributed by atoms with E-state index in [-0.39, 0.29) is 0 Å². The van der Waals surface area contributed by atoms with Gasteiger partial charge in [-0.05, 0) is 56.9 Å². The van der Waals surface area contributed by atoms with Crippen molar-refractivity contribution in [2.45, 2.75) is 33.6 Å². The fourth-order valence-electron chi connectivity index (χ4n) is 2.56. The van der Waals surface area contributed by atoms with E-state index >= 15 is 0 Å². The lowest BCUT2D eigenvalue weighted by molar-refractivity contribution is 0.866. The quantitative estimate of drug-likeness (QED) is 0.741. The molecule has 0 amide bonds.